The van der Waals surface area contributed by atoms with E-state index in [0.717, 1.165) is 36.5 Å². The lowest BCUT2D eigenvalue weighted by atomic mass is 10.1. The molecule has 0 aliphatic carbocycles. The van der Waals surface area contributed by atoms with Crippen LogP contribution in [0.2, 0.25) is 0 Å². The molecule has 1 amide bonds. The summed E-state index contributed by atoms with van der Waals surface area (Å²) >= 11 is 0. The van der Waals surface area contributed by atoms with Crippen molar-refractivity contribution >= 4 is 11.6 Å². The molecule has 2 heterocycles. The highest BCUT2D eigenvalue weighted by Gasteiger charge is 2.21. The molecule has 0 spiro atoms. The highest BCUT2D eigenvalue weighted by Crippen LogP contribution is 2.21. The summed E-state index contributed by atoms with van der Waals surface area (Å²) in [4.78, 5) is 17.6. The van der Waals surface area contributed by atoms with Crippen LogP contribution in [0.1, 0.15) is 24.2 Å². The first-order valence-electron chi connectivity index (χ1n) is 6.06. The molecular formula is C13H14N4O. The second-order valence-electron chi connectivity index (χ2n) is 4.42. The highest BCUT2D eigenvalue weighted by molar-refractivity contribution is 5.95. The van der Waals surface area contributed by atoms with Crippen molar-refractivity contribution in [3.63, 3.8) is 0 Å². The van der Waals surface area contributed by atoms with Crippen LogP contribution in [0.25, 0.3) is 0 Å². The summed E-state index contributed by atoms with van der Waals surface area (Å²) in [5.74, 6) is 1.07. The van der Waals surface area contributed by atoms with Gasteiger partial charge in [-0.3, -0.25) is 9.89 Å². The molecule has 1 aliphatic rings. The first kappa shape index (κ1) is 11.0. The van der Waals surface area contributed by atoms with E-state index in [1.54, 1.807) is 0 Å². The number of amides is 1. The van der Waals surface area contributed by atoms with Crippen LogP contribution in [-0.4, -0.2) is 27.6 Å². The fourth-order valence-corrected chi connectivity index (χ4v) is 2.22. The van der Waals surface area contributed by atoms with Gasteiger partial charge < -0.3 is 4.90 Å². The van der Waals surface area contributed by atoms with Crippen molar-refractivity contribution in [1.29, 1.82) is 0 Å². The first-order valence-corrected chi connectivity index (χ1v) is 6.06. The number of rotatable bonds is 3. The molecule has 1 aromatic heterocycles. The molecule has 3 rings (SSSR count). The Hall–Kier alpha value is -2.17. The van der Waals surface area contributed by atoms with Crippen LogP contribution in [0.4, 0.5) is 5.69 Å². The van der Waals surface area contributed by atoms with E-state index in [1.165, 1.54) is 6.33 Å². The standard InChI is InChI=1S/C13H14N4O/c18-13-2-1-7-17(13)11-5-3-10(4-6-11)8-12-14-9-15-16-12/h3-6,9H,1-2,7-8H2,(H,14,15,16). The van der Waals surface area contributed by atoms with Crippen molar-refractivity contribution in [3.8, 4) is 0 Å². The number of hydrogen-bond donors (Lipinski definition) is 1. The number of aromatic amines is 1. The molecule has 5 heteroatoms. The van der Waals surface area contributed by atoms with Gasteiger partial charge in [0.05, 0.1) is 0 Å². The fourth-order valence-electron chi connectivity index (χ4n) is 2.22. The summed E-state index contributed by atoms with van der Waals surface area (Å²) in [6, 6.07) is 8.05. The molecule has 1 N–H and O–H groups in total. The molecule has 1 aliphatic heterocycles. The quantitative estimate of drug-likeness (QED) is 0.887. The summed E-state index contributed by atoms with van der Waals surface area (Å²) in [5, 5.41) is 6.66. The second-order valence-corrected chi connectivity index (χ2v) is 4.42. The number of nitrogens with zero attached hydrogens (tertiary/aromatic N) is 3. The van der Waals surface area contributed by atoms with Gasteiger partial charge >= 0.3 is 0 Å². The van der Waals surface area contributed by atoms with Crippen LogP contribution in [0.5, 0.6) is 0 Å². The monoisotopic (exact) mass is 242 g/mol. The molecule has 1 saturated heterocycles. The maximum Gasteiger partial charge on any atom is 0.227 e. The van der Waals surface area contributed by atoms with Crippen molar-refractivity contribution in [1.82, 2.24) is 15.2 Å². The second kappa shape index (κ2) is 4.60. The average molecular weight is 242 g/mol. The van der Waals surface area contributed by atoms with Gasteiger partial charge in [0.2, 0.25) is 5.91 Å². The Labute approximate surface area is 105 Å². The van der Waals surface area contributed by atoms with Crippen LogP contribution in [-0.2, 0) is 11.2 Å². The normalized spacial score (nSPS) is 15.3. The molecule has 18 heavy (non-hydrogen) atoms. The van der Waals surface area contributed by atoms with Gasteiger partial charge in [-0.1, -0.05) is 12.1 Å². The zero-order valence-electron chi connectivity index (χ0n) is 9.97. The number of anilines is 1. The summed E-state index contributed by atoms with van der Waals surface area (Å²) in [7, 11) is 0. The fraction of sp³-hybridized carbons (Fsp3) is 0.308. The van der Waals surface area contributed by atoms with E-state index in [4.69, 9.17) is 0 Å². The highest BCUT2D eigenvalue weighted by atomic mass is 16.2. The van der Waals surface area contributed by atoms with Crippen molar-refractivity contribution in [3.05, 3.63) is 42.0 Å². The maximum atomic E-state index is 11.6. The Kier molecular flexibility index (Phi) is 2.80. The Bertz CT molecular complexity index is 533. The van der Waals surface area contributed by atoms with Gasteiger partial charge in [-0.25, -0.2) is 4.98 Å². The zero-order chi connectivity index (χ0) is 12.4. The third-order valence-electron chi connectivity index (χ3n) is 3.16. The Morgan fingerprint density at radius 2 is 2.11 bits per heavy atom. The van der Waals surface area contributed by atoms with Crippen LogP contribution in [0, 0.1) is 0 Å². The number of aromatic nitrogens is 3. The van der Waals surface area contributed by atoms with E-state index >= 15 is 0 Å². The van der Waals surface area contributed by atoms with Gasteiger partial charge in [0.25, 0.3) is 0 Å². The maximum absolute atomic E-state index is 11.6. The van der Waals surface area contributed by atoms with E-state index in [0.29, 0.717) is 6.42 Å². The number of benzene rings is 1. The predicted molar refractivity (Wildman–Crippen MR) is 67.2 cm³/mol. The molecule has 1 fully saturated rings. The molecule has 0 saturated carbocycles. The van der Waals surface area contributed by atoms with Gasteiger partial charge in [-0.2, -0.15) is 5.10 Å². The van der Waals surface area contributed by atoms with E-state index in [9.17, 15) is 4.79 Å². The van der Waals surface area contributed by atoms with Crippen molar-refractivity contribution in [2.24, 2.45) is 0 Å². The number of hydrogen-bond acceptors (Lipinski definition) is 3. The Balaban J connectivity index is 1.74. The lowest BCUT2D eigenvalue weighted by Crippen LogP contribution is -2.23. The largest absolute Gasteiger partial charge is 0.312 e. The summed E-state index contributed by atoms with van der Waals surface area (Å²) in [6.07, 6.45) is 3.86. The molecule has 0 bridgehead atoms. The Morgan fingerprint density at radius 3 is 2.72 bits per heavy atom. The summed E-state index contributed by atoms with van der Waals surface area (Å²) < 4.78 is 0. The number of H-pyrrole nitrogens is 1. The third kappa shape index (κ3) is 2.11. The zero-order valence-corrected chi connectivity index (χ0v) is 9.97. The van der Waals surface area contributed by atoms with Crippen molar-refractivity contribution < 1.29 is 4.79 Å². The van der Waals surface area contributed by atoms with Gasteiger partial charge in [-0.15, -0.1) is 0 Å². The van der Waals surface area contributed by atoms with Crippen LogP contribution < -0.4 is 4.90 Å². The molecule has 2 aromatic rings. The number of carbonyl (C=O) groups is 1. The first-order chi connectivity index (χ1) is 8.83. The van der Waals surface area contributed by atoms with E-state index < -0.39 is 0 Å². The minimum absolute atomic E-state index is 0.220. The number of nitrogens with one attached hydrogen (secondary N) is 1. The van der Waals surface area contributed by atoms with E-state index in [1.807, 2.05) is 29.2 Å². The lowest BCUT2D eigenvalue weighted by Gasteiger charge is -2.15. The van der Waals surface area contributed by atoms with Crippen LogP contribution >= 0.6 is 0 Å². The van der Waals surface area contributed by atoms with Gasteiger partial charge in [0.1, 0.15) is 12.2 Å². The van der Waals surface area contributed by atoms with Gasteiger partial charge in [-0.05, 0) is 24.1 Å². The van der Waals surface area contributed by atoms with Crippen LogP contribution in [0.3, 0.4) is 0 Å². The van der Waals surface area contributed by atoms with Crippen molar-refractivity contribution in [2.45, 2.75) is 19.3 Å². The van der Waals surface area contributed by atoms with Crippen molar-refractivity contribution in [2.75, 3.05) is 11.4 Å². The Morgan fingerprint density at radius 1 is 1.28 bits per heavy atom. The molecule has 1 aromatic carbocycles. The van der Waals surface area contributed by atoms with E-state index in [2.05, 4.69) is 15.2 Å². The lowest BCUT2D eigenvalue weighted by molar-refractivity contribution is -0.117. The molecule has 0 unspecified atom stereocenters. The molecule has 92 valence electrons. The molecule has 0 radical (unpaired) electrons. The summed E-state index contributed by atoms with van der Waals surface area (Å²) in [6.45, 7) is 0.834. The third-order valence-corrected chi connectivity index (χ3v) is 3.16. The molecule has 5 nitrogen and oxygen atoms in total. The predicted octanol–water partition coefficient (Wildman–Crippen LogP) is 1.52. The summed E-state index contributed by atoms with van der Waals surface area (Å²) in [5.41, 5.74) is 2.14. The van der Waals surface area contributed by atoms with E-state index in [-0.39, 0.29) is 5.91 Å². The molecular weight excluding hydrogens is 228 g/mol. The molecule has 0 atom stereocenters. The SMILES string of the molecule is O=C1CCCN1c1ccc(Cc2ncn[nH]2)cc1. The van der Waals surface area contributed by atoms with Crippen LogP contribution in [0.15, 0.2) is 30.6 Å². The van der Waals surface area contributed by atoms with Gasteiger partial charge in [0.15, 0.2) is 0 Å². The minimum atomic E-state index is 0.220. The smallest absolute Gasteiger partial charge is 0.227 e. The number of carbonyl (C=O) groups excluding carboxylic acids is 1. The topological polar surface area (TPSA) is 61.9 Å². The van der Waals surface area contributed by atoms with Gasteiger partial charge in [0, 0.05) is 25.1 Å². The average Bonchev–Trinajstić information content (AvgIpc) is 3.02. The minimum Gasteiger partial charge on any atom is -0.312 e.